The molecule has 0 aromatic carbocycles. The van der Waals surface area contributed by atoms with Gasteiger partial charge >= 0.3 is 0 Å². The molecule has 0 radical (unpaired) electrons. The van der Waals surface area contributed by atoms with Crippen molar-refractivity contribution in [1.82, 2.24) is 15.0 Å². The average molecular weight is 345 g/mol. The molecule has 2 heterocycles. The highest BCUT2D eigenvalue weighted by molar-refractivity contribution is 6.06. The number of hydrogen-bond donors (Lipinski definition) is 1. The molecule has 1 N–H and O–H groups in total. The normalized spacial score (nSPS) is 16.2. The molecule has 1 amide bonds. The molecule has 1 aliphatic rings. The van der Waals surface area contributed by atoms with Crippen LogP contribution in [0, 0.1) is 5.41 Å². The van der Waals surface area contributed by atoms with Gasteiger partial charge in [-0.2, -0.15) is 0 Å². The van der Waals surface area contributed by atoms with E-state index in [2.05, 4.69) is 30.9 Å². The van der Waals surface area contributed by atoms with Crippen molar-refractivity contribution in [3.05, 3.63) is 23.0 Å². The highest BCUT2D eigenvalue weighted by Crippen LogP contribution is 2.41. The van der Waals surface area contributed by atoms with Crippen molar-refractivity contribution in [2.24, 2.45) is 5.41 Å². The molecule has 25 heavy (non-hydrogen) atoms. The maximum Gasteiger partial charge on any atom is 0.259 e. The van der Waals surface area contributed by atoms with Crippen molar-refractivity contribution in [3.63, 3.8) is 0 Å². The van der Waals surface area contributed by atoms with E-state index in [0.717, 1.165) is 24.2 Å². The largest absolute Gasteiger partial charge is 0.394 e. The van der Waals surface area contributed by atoms with Crippen molar-refractivity contribution >= 4 is 17.0 Å². The number of aliphatic hydroxyl groups excluding tert-OH is 1. The number of pyridine rings is 1. The fourth-order valence-electron chi connectivity index (χ4n) is 2.92. The fraction of sp³-hybridized carbons (Fsp3) is 0.632. The summed E-state index contributed by atoms with van der Waals surface area (Å²) in [6.07, 6.45) is 2.89. The van der Waals surface area contributed by atoms with Crippen molar-refractivity contribution in [2.45, 2.75) is 58.9 Å². The van der Waals surface area contributed by atoms with Crippen LogP contribution in [0.1, 0.15) is 68.2 Å². The molecule has 1 atom stereocenters. The minimum absolute atomic E-state index is 0.0174. The number of aromatic nitrogens is 2. The van der Waals surface area contributed by atoms with Crippen LogP contribution in [0.25, 0.3) is 11.1 Å². The molecule has 136 valence electrons. The lowest BCUT2D eigenvalue weighted by molar-refractivity contribution is 0.0684. The van der Waals surface area contributed by atoms with E-state index in [1.165, 1.54) is 0 Å². The molecule has 1 fully saturated rings. The van der Waals surface area contributed by atoms with Gasteiger partial charge in [-0.05, 0) is 37.7 Å². The summed E-state index contributed by atoms with van der Waals surface area (Å²) < 4.78 is 5.49. The Kier molecular flexibility index (Phi) is 4.58. The van der Waals surface area contributed by atoms with E-state index < -0.39 is 0 Å². The number of fused-ring (bicyclic) bond motifs is 1. The van der Waals surface area contributed by atoms with Crippen LogP contribution in [0.4, 0.5) is 0 Å². The fourth-order valence-corrected chi connectivity index (χ4v) is 2.92. The summed E-state index contributed by atoms with van der Waals surface area (Å²) in [6, 6.07) is 1.64. The second-order valence-corrected chi connectivity index (χ2v) is 8.36. The molecule has 0 bridgehead atoms. The lowest BCUT2D eigenvalue weighted by Crippen LogP contribution is -2.37. The summed E-state index contributed by atoms with van der Waals surface area (Å²) >= 11 is 0. The van der Waals surface area contributed by atoms with Crippen LogP contribution < -0.4 is 0 Å². The first-order valence-corrected chi connectivity index (χ1v) is 8.88. The zero-order valence-corrected chi connectivity index (χ0v) is 15.7. The standard InChI is InChI=1S/C19H27N3O3/c1-11(10-23)22(5)18(24)13-8-14(12-6-7-12)20-17-16(13)15(21-25-17)9-19(2,3)4/h8,11-12,23H,6-7,9-10H2,1-5H3. The zero-order valence-electron chi connectivity index (χ0n) is 15.7. The number of aliphatic hydroxyl groups is 1. The third-order valence-corrected chi connectivity index (χ3v) is 4.71. The molecule has 1 saturated carbocycles. The average Bonchev–Trinajstić information content (AvgIpc) is 3.33. The number of rotatable bonds is 5. The quantitative estimate of drug-likeness (QED) is 0.900. The second kappa shape index (κ2) is 6.41. The Morgan fingerprint density at radius 2 is 2.12 bits per heavy atom. The smallest absolute Gasteiger partial charge is 0.259 e. The minimum atomic E-state index is -0.258. The molecule has 0 saturated heterocycles. The Morgan fingerprint density at radius 1 is 1.44 bits per heavy atom. The van der Waals surface area contributed by atoms with Gasteiger partial charge in [0.25, 0.3) is 11.6 Å². The SMILES string of the molecule is CC(CO)N(C)C(=O)c1cc(C2CC2)nc2onc(CC(C)(C)C)c12. The summed E-state index contributed by atoms with van der Waals surface area (Å²) in [6.45, 7) is 8.12. The molecule has 2 aromatic rings. The summed E-state index contributed by atoms with van der Waals surface area (Å²) in [5.74, 6) is 0.280. The summed E-state index contributed by atoms with van der Waals surface area (Å²) in [5.41, 5.74) is 2.71. The predicted molar refractivity (Wildman–Crippen MR) is 95.6 cm³/mol. The van der Waals surface area contributed by atoms with Gasteiger partial charge in [0.1, 0.15) is 0 Å². The first-order chi connectivity index (χ1) is 11.7. The summed E-state index contributed by atoms with van der Waals surface area (Å²) in [5, 5.41) is 14.3. The van der Waals surface area contributed by atoms with Crippen LogP contribution in [-0.4, -0.2) is 45.8 Å². The first-order valence-electron chi connectivity index (χ1n) is 8.88. The van der Waals surface area contributed by atoms with E-state index in [1.807, 2.05) is 13.0 Å². The van der Waals surface area contributed by atoms with Crippen LogP contribution >= 0.6 is 0 Å². The topological polar surface area (TPSA) is 79.5 Å². The summed E-state index contributed by atoms with van der Waals surface area (Å²) in [7, 11) is 1.71. The Hall–Kier alpha value is -1.95. The van der Waals surface area contributed by atoms with Crippen molar-refractivity contribution in [1.29, 1.82) is 0 Å². The number of likely N-dealkylation sites (N-methyl/N-ethyl adjacent to an activating group) is 1. The Bertz CT molecular complexity index is 787. The van der Waals surface area contributed by atoms with E-state index in [4.69, 9.17) is 4.52 Å². The highest BCUT2D eigenvalue weighted by atomic mass is 16.5. The van der Waals surface area contributed by atoms with Crippen LogP contribution in [0.5, 0.6) is 0 Å². The summed E-state index contributed by atoms with van der Waals surface area (Å²) in [4.78, 5) is 19.3. The maximum absolute atomic E-state index is 13.1. The number of carbonyl (C=O) groups is 1. The molecule has 0 spiro atoms. The van der Waals surface area contributed by atoms with Gasteiger partial charge in [-0.3, -0.25) is 4.79 Å². The molecule has 2 aromatic heterocycles. The van der Waals surface area contributed by atoms with Crippen molar-refractivity contribution in [2.75, 3.05) is 13.7 Å². The third kappa shape index (κ3) is 3.68. The Balaban J connectivity index is 2.12. The number of carbonyl (C=O) groups excluding carboxylic acids is 1. The molecule has 1 aliphatic carbocycles. The predicted octanol–water partition coefficient (Wildman–Crippen LogP) is 3.14. The van der Waals surface area contributed by atoms with E-state index >= 15 is 0 Å². The maximum atomic E-state index is 13.1. The molecular formula is C19H27N3O3. The van der Waals surface area contributed by atoms with Gasteiger partial charge in [0.05, 0.1) is 29.3 Å². The lowest BCUT2D eigenvalue weighted by Gasteiger charge is -2.24. The number of amides is 1. The van der Waals surface area contributed by atoms with E-state index in [1.54, 1.807) is 11.9 Å². The highest BCUT2D eigenvalue weighted by Gasteiger charge is 2.31. The Morgan fingerprint density at radius 3 is 2.68 bits per heavy atom. The Labute approximate surface area is 148 Å². The second-order valence-electron chi connectivity index (χ2n) is 8.36. The van der Waals surface area contributed by atoms with Gasteiger partial charge in [-0.15, -0.1) is 0 Å². The molecule has 3 rings (SSSR count). The molecular weight excluding hydrogens is 318 g/mol. The van der Waals surface area contributed by atoms with E-state index in [0.29, 0.717) is 29.0 Å². The number of hydrogen-bond acceptors (Lipinski definition) is 5. The monoisotopic (exact) mass is 345 g/mol. The van der Waals surface area contributed by atoms with Gasteiger partial charge in [0.2, 0.25) is 0 Å². The molecule has 6 heteroatoms. The van der Waals surface area contributed by atoms with Crippen LogP contribution in [0.15, 0.2) is 10.6 Å². The third-order valence-electron chi connectivity index (χ3n) is 4.71. The van der Waals surface area contributed by atoms with Gasteiger partial charge in [0, 0.05) is 18.7 Å². The van der Waals surface area contributed by atoms with E-state index in [9.17, 15) is 9.90 Å². The molecule has 0 aliphatic heterocycles. The molecule has 6 nitrogen and oxygen atoms in total. The van der Waals surface area contributed by atoms with Gasteiger partial charge < -0.3 is 14.5 Å². The number of nitrogens with zero attached hydrogens (tertiary/aromatic N) is 3. The van der Waals surface area contributed by atoms with Crippen LogP contribution in [-0.2, 0) is 6.42 Å². The van der Waals surface area contributed by atoms with Crippen molar-refractivity contribution in [3.8, 4) is 0 Å². The first kappa shape index (κ1) is 17.9. The van der Waals surface area contributed by atoms with Gasteiger partial charge in [-0.1, -0.05) is 25.9 Å². The van der Waals surface area contributed by atoms with Crippen molar-refractivity contribution < 1.29 is 14.4 Å². The minimum Gasteiger partial charge on any atom is -0.394 e. The van der Waals surface area contributed by atoms with E-state index in [-0.39, 0.29) is 24.0 Å². The van der Waals surface area contributed by atoms with Gasteiger partial charge in [-0.25, -0.2) is 4.98 Å². The van der Waals surface area contributed by atoms with Crippen LogP contribution in [0.3, 0.4) is 0 Å². The van der Waals surface area contributed by atoms with Gasteiger partial charge in [0.15, 0.2) is 0 Å². The van der Waals surface area contributed by atoms with Crippen LogP contribution in [0.2, 0.25) is 0 Å². The zero-order chi connectivity index (χ0) is 18.4. The lowest BCUT2D eigenvalue weighted by atomic mass is 9.89. The molecule has 1 unspecified atom stereocenters.